The van der Waals surface area contributed by atoms with Crippen LogP contribution in [0.5, 0.6) is 11.5 Å². The van der Waals surface area contributed by atoms with Gasteiger partial charge >= 0.3 is 0 Å². The van der Waals surface area contributed by atoms with Crippen LogP contribution in [-0.2, 0) is 17.9 Å². The summed E-state index contributed by atoms with van der Waals surface area (Å²) in [5.41, 5.74) is 3.55. The van der Waals surface area contributed by atoms with E-state index in [1.807, 2.05) is 36.4 Å². The number of hydrogen-bond donors (Lipinski definition) is 0. The van der Waals surface area contributed by atoms with Crippen LogP contribution in [0, 0.1) is 11.3 Å². The highest BCUT2D eigenvalue weighted by atomic mass is 16.7. The van der Waals surface area contributed by atoms with Crippen molar-refractivity contribution in [2.75, 3.05) is 13.9 Å². The molecule has 0 fully saturated rings. The van der Waals surface area contributed by atoms with Crippen LogP contribution < -0.4 is 9.47 Å². The van der Waals surface area contributed by atoms with E-state index in [1.165, 1.54) is 0 Å². The van der Waals surface area contributed by atoms with E-state index in [1.54, 1.807) is 7.11 Å². The molecule has 6 heteroatoms. The van der Waals surface area contributed by atoms with E-state index in [4.69, 9.17) is 19.5 Å². The minimum atomic E-state index is 0.239. The van der Waals surface area contributed by atoms with E-state index < -0.39 is 0 Å². The number of fused-ring (bicyclic) bond motifs is 2. The zero-order valence-corrected chi connectivity index (χ0v) is 13.2. The van der Waals surface area contributed by atoms with Crippen molar-refractivity contribution in [2.24, 2.45) is 0 Å². The Morgan fingerprint density at radius 1 is 1.21 bits per heavy atom. The molecule has 0 atom stereocenters. The Bertz CT molecular complexity index is 939. The fourth-order valence-corrected chi connectivity index (χ4v) is 2.85. The Morgan fingerprint density at radius 3 is 2.67 bits per heavy atom. The van der Waals surface area contributed by atoms with Crippen LogP contribution in [0.2, 0.25) is 0 Å². The van der Waals surface area contributed by atoms with Crippen LogP contribution in [-0.4, -0.2) is 23.5 Å². The number of ether oxygens (including phenoxy) is 3. The minimum Gasteiger partial charge on any atom is -0.454 e. The summed E-state index contributed by atoms with van der Waals surface area (Å²) in [7, 11) is 1.65. The smallest absolute Gasteiger partial charge is 0.231 e. The van der Waals surface area contributed by atoms with E-state index in [-0.39, 0.29) is 6.79 Å². The van der Waals surface area contributed by atoms with Gasteiger partial charge in [0.1, 0.15) is 12.4 Å². The van der Waals surface area contributed by atoms with Gasteiger partial charge in [0, 0.05) is 25.8 Å². The molecule has 0 bridgehead atoms. The summed E-state index contributed by atoms with van der Waals surface area (Å²) in [6, 6.07) is 13.5. The highest BCUT2D eigenvalue weighted by Crippen LogP contribution is 2.36. The van der Waals surface area contributed by atoms with E-state index in [0.29, 0.717) is 18.7 Å². The molecule has 0 saturated heterocycles. The lowest BCUT2D eigenvalue weighted by Gasteiger charge is -2.09. The zero-order chi connectivity index (χ0) is 16.5. The first-order valence-corrected chi connectivity index (χ1v) is 7.55. The third-order valence-electron chi connectivity index (χ3n) is 4.02. The maximum absolute atomic E-state index is 8.92. The monoisotopic (exact) mass is 321 g/mol. The molecule has 1 aromatic heterocycles. The van der Waals surface area contributed by atoms with Crippen molar-refractivity contribution in [3.8, 4) is 17.6 Å². The summed E-state index contributed by atoms with van der Waals surface area (Å²) >= 11 is 0. The van der Waals surface area contributed by atoms with E-state index in [0.717, 1.165) is 33.9 Å². The molecule has 3 aromatic rings. The predicted octanol–water partition coefficient (Wildman–Crippen LogP) is 2.83. The lowest BCUT2D eigenvalue weighted by Crippen LogP contribution is -2.06. The molecule has 2 heterocycles. The lowest BCUT2D eigenvalue weighted by atomic mass is 10.1. The number of nitrogens with zero attached hydrogens (tertiary/aromatic N) is 3. The third kappa shape index (κ3) is 2.45. The van der Waals surface area contributed by atoms with Crippen LogP contribution in [0.15, 0.2) is 36.4 Å². The van der Waals surface area contributed by atoms with Crippen molar-refractivity contribution in [2.45, 2.75) is 13.2 Å². The molecular weight excluding hydrogens is 306 g/mol. The summed E-state index contributed by atoms with van der Waals surface area (Å²) < 4.78 is 18.3. The number of hydrogen-bond acceptors (Lipinski definition) is 5. The number of benzene rings is 2. The second-order valence-electron chi connectivity index (χ2n) is 5.55. The average Bonchev–Trinajstić information content (AvgIpc) is 3.18. The number of rotatable bonds is 4. The Labute approximate surface area is 138 Å². The number of nitriles is 1. The SMILES string of the molecule is COCc1nc2cc3c(cc2n1Cc1ccc(C#N)cc1)OCO3. The third-order valence-corrected chi connectivity index (χ3v) is 4.02. The second-order valence-corrected chi connectivity index (χ2v) is 5.55. The average molecular weight is 321 g/mol. The van der Waals surface area contributed by atoms with E-state index in [9.17, 15) is 0 Å². The summed E-state index contributed by atoms with van der Waals surface area (Å²) in [5.74, 6) is 2.28. The second kappa shape index (κ2) is 5.87. The number of aromatic nitrogens is 2. The van der Waals surface area contributed by atoms with Gasteiger partial charge in [-0.25, -0.2) is 4.98 Å². The lowest BCUT2D eigenvalue weighted by molar-refractivity contribution is 0.173. The molecule has 0 spiro atoms. The summed E-state index contributed by atoms with van der Waals surface area (Å²) in [6.45, 7) is 1.29. The standard InChI is InChI=1S/C18H15N3O3/c1-22-10-18-20-14-6-16-17(24-11-23-16)7-15(14)21(18)9-13-4-2-12(8-19)3-5-13/h2-7H,9-11H2,1H3. The van der Waals surface area contributed by atoms with Gasteiger partial charge in [0.25, 0.3) is 0 Å². The Morgan fingerprint density at radius 2 is 1.96 bits per heavy atom. The molecule has 6 nitrogen and oxygen atoms in total. The molecule has 24 heavy (non-hydrogen) atoms. The molecule has 120 valence electrons. The number of imidazole rings is 1. The molecule has 0 radical (unpaired) electrons. The van der Waals surface area contributed by atoms with Crippen molar-refractivity contribution in [3.05, 3.63) is 53.3 Å². The van der Waals surface area contributed by atoms with Gasteiger partial charge in [-0.1, -0.05) is 12.1 Å². The van der Waals surface area contributed by atoms with Crippen molar-refractivity contribution in [1.29, 1.82) is 5.26 Å². The van der Waals surface area contributed by atoms with Crippen LogP contribution in [0.1, 0.15) is 17.0 Å². The molecule has 0 amide bonds. The normalized spacial score (nSPS) is 12.5. The van der Waals surface area contributed by atoms with Gasteiger partial charge in [-0.3, -0.25) is 0 Å². The van der Waals surface area contributed by atoms with Gasteiger partial charge in [0.2, 0.25) is 6.79 Å². The quantitative estimate of drug-likeness (QED) is 0.739. The molecule has 0 unspecified atom stereocenters. The highest BCUT2D eigenvalue weighted by Gasteiger charge is 2.19. The van der Waals surface area contributed by atoms with Crippen LogP contribution in [0.25, 0.3) is 11.0 Å². The van der Waals surface area contributed by atoms with Crippen LogP contribution in [0.4, 0.5) is 0 Å². The number of methoxy groups -OCH3 is 1. The van der Waals surface area contributed by atoms with Crippen molar-refractivity contribution in [1.82, 2.24) is 9.55 Å². The fraction of sp³-hybridized carbons (Fsp3) is 0.222. The molecular formula is C18H15N3O3. The first-order chi connectivity index (χ1) is 11.8. The molecule has 1 aliphatic heterocycles. The summed E-state index contributed by atoms with van der Waals surface area (Å²) in [5, 5.41) is 8.92. The van der Waals surface area contributed by atoms with Gasteiger partial charge in [0.15, 0.2) is 11.5 Å². The Kier molecular flexibility index (Phi) is 3.56. The fourth-order valence-electron chi connectivity index (χ4n) is 2.85. The van der Waals surface area contributed by atoms with Crippen LogP contribution in [0.3, 0.4) is 0 Å². The first-order valence-electron chi connectivity index (χ1n) is 7.55. The molecule has 4 rings (SSSR count). The molecule has 2 aromatic carbocycles. The van der Waals surface area contributed by atoms with Gasteiger partial charge < -0.3 is 18.8 Å². The largest absolute Gasteiger partial charge is 0.454 e. The molecule has 1 aliphatic rings. The van der Waals surface area contributed by atoms with E-state index in [2.05, 4.69) is 15.6 Å². The van der Waals surface area contributed by atoms with Gasteiger partial charge in [-0.2, -0.15) is 5.26 Å². The Hall–Kier alpha value is -3.04. The topological polar surface area (TPSA) is 69.3 Å². The predicted molar refractivity (Wildman–Crippen MR) is 86.8 cm³/mol. The summed E-state index contributed by atoms with van der Waals surface area (Å²) in [4.78, 5) is 4.66. The van der Waals surface area contributed by atoms with E-state index >= 15 is 0 Å². The van der Waals surface area contributed by atoms with Crippen molar-refractivity contribution < 1.29 is 14.2 Å². The van der Waals surface area contributed by atoms with Gasteiger partial charge in [-0.05, 0) is 17.7 Å². The van der Waals surface area contributed by atoms with Crippen LogP contribution >= 0.6 is 0 Å². The maximum Gasteiger partial charge on any atom is 0.231 e. The van der Waals surface area contributed by atoms with Gasteiger partial charge in [0.05, 0.1) is 22.7 Å². The van der Waals surface area contributed by atoms with Gasteiger partial charge in [-0.15, -0.1) is 0 Å². The zero-order valence-electron chi connectivity index (χ0n) is 13.2. The maximum atomic E-state index is 8.92. The molecule has 0 saturated carbocycles. The van der Waals surface area contributed by atoms with Crippen molar-refractivity contribution in [3.63, 3.8) is 0 Å². The first kappa shape index (κ1) is 14.5. The highest BCUT2D eigenvalue weighted by molar-refractivity contribution is 5.81. The van der Waals surface area contributed by atoms with Crippen molar-refractivity contribution >= 4 is 11.0 Å². The molecule has 0 N–H and O–H groups in total. The molecule has 0 aliphatic carbocycles. The Balaban J connectivity index is 1.79. The minimum absolute atomic E-state index is 0.239. The summed E-state index contributed by atoms with van der Waals surface area (Å²) in [6.07, 6.45) is 0.